The Bertz CT molecular complexity index is 247. The van der Waals surface area contributed by atoms with Gasteiger partial charge in [-0.2, -0.15) is 0 Å². The van der Waals surface area contributed by atoms with Crippen molar-refractivity contribution >= 4 is 5.91 Å². The molecule has 1 heterocycles. The van der Waals surface area contributed by atoms with E-state index in [0.717, 1.165) is 38.6 Å². The third-order valence-corrected chi connectivity index (χ3v) is 4.00. The number of amides is 1. The predicted octanol–water partition coefficient (Wildman–Crippen LogP) is 2.99. The number of carbonyl (C=O) groups is 1. The topological polar surface area (TPSA) is 41.1 Å². The Morgan fingerprint density at radius 2 is 2.06 bits per heavy atom. The number of piperidine rings is 1. The van der Waals surface area contributed by atoms with Gasteiger partial charge in [-0.1, -0.05) is 33.1 Å². The summed E-state index contributed by atoms with van der Waals surface area (Å²) in [5.41, 5.74) is -0.337. The van der Waals surface area contributed by atoms with Gasteiger partial charge >= 0.3 is 0 Å². The van der Waals surface area contributed by atoms with Gasteiger partial charge in [-0.3, -0.25) is 4.79 Å². The zero-order valence-electron chi connectivity index (χ0n) is 12.3. The van der Waals surface area contributed by atoms with Crippen LogP contribution in [0.1, 0.15) is 72.1 Å². The number of carbonyl (C=O) groups excluding carboxylic acids is 1. The van der Waals surface area contributed by atoms with Crippen molar-refractivity contribution in [3.8, 4) is 0 Å². The molecule has 0 spiro atoms. The van der Waals surface area contributed by atoms with Crippen LogP contribution in [0.3, 0.4) is 0 Å². The molecule has 0 aliphatic carbocycles. The largest absolute Gasteiger partial charge is 0.352 e. The van der Waals surface area contributed by atoms with Gasteiger partial charge in [-0.15, -0.1) is 0 Å². The van der Waals surface area contributed by atoms with Gasteiger partial charge in [0, 0.05) is 6.04 Å². The number of nitrogens with one attached hydrogen (secondary N) is 2. The maximum atomic E-state index is 12.4. The summed E-state index contributed by atoms with van der Waals surface area (Å²) in [6.45, 7) is 7.40. The average molecular weight is 254 g/mol. The highest BCUT2D eigenvalue weighted by molar-refractivity contribution is 5.86. The van der Waals surface area contributed by atoms with E-state index < -0.39 is 0 Å². The number of rotatable bonds is 7. The fraction of sp³-hybridized carbons (Fsp3) is 0.933. The maximum Gasteiger partial charge on any atom is 0.240 e. The molecule has 0 radical (unpaired) electrons. The summed E-state index contributed by atoms with van der Waals surface area (Å²) >= 11 is 0. The van der Waals surface area contributed by atoms with Crippen LogP contribution in [-0.2, 0) is 4.79 Å². The molecule has 1 aliphatic heterocycles. The summed E-state index contributed by atoms with van der Waals surface area (Å²) in [4.78, 5) is 12.4. The molecule has 2 N–H and O–H groups in total. The van der Waals surface area contributed by atoms with Crippen LogP contribution in [-0.4, -0.2) is 24.0 Å². The molecule has 3 nitrogen and oxygen atoms in total. The molecule has 1 amide bonds. The van der Waals surface area contributed by atoms with E-state index >= 15 is 0 Å². The molecule has 1 saturated heterocycles. The van der Waals surface area contributed by atoms with Crippen LogP contribution in [0.2, 0.25) is 0 Å². The van der Waals surface area contributed by atoms with Gasteiger partial charge < -0.3 is 10.6 Å². The lowest BCUT2D eigenvalue weighted by atomic mass is 9.89. The van der Waals surface area contributed by atoms with Crippen molar-refractivity contribution in [3.05, 3.63) is 0 Å². The minimum absolute atomic E-state index is 0.205. The lowest BCUT2D eigenvalue weighted by Gasteiger charge is -2.35. The Hall–Kier alpha value is -0.570. The first-order chi connectivity index (χ1) is 8.62. The van der Waals surface area contributed by atoms with Gasteiger partial charge in [0.15, 0.2) is 0 Å². The summed E-state index contributed by atoms with van der Waals surface area (Å²) in [6.07, 6.45) is 9.07. The Kier molecular flexibility index (Phi) is 6.69. The number of hydrogen-bond donors (Lipinski definition) is 2. The summed E-state index contributed by atoms with van der Waals surface area (Å²) in [5.74, 6) is 0.205. The van der Waals surface area contributed by atoms with E-state index in [1.807, 2.05) is 6.92 Å². The third kappa shape index (κ3) is 4.60. The molecule has 1 aliphatic rings. The highest BCUT2D eigenvalue weighted by Gasteiger charge is 2.34. The molecule has 2 unspecified atom stereocenters. The first-order valence-electron chi connectivity index (χ1n) is 7.68. The second kappa shape index (κ2) is 7.78. The molecule has 106 valence electrons. The van der Waals surface area contributed by atoms with E-state index in [0.29, 0.717) is 6.04 Å². The van der Waals surface area contributed by atoms with Gasteiger partial charge in [0.1, 0.15) is 0 Å². The van der Waals surface area contributed by atoms with Crippen LogP contribution in [0.5, 0.6) is 0 Å². The number of unbranched alkanes of at least 4 members (excludes halogenated alkanes) is 1. The van der Waals surface area contributed by atoms with E-state index in [1.165, 1.54) is 19.3 Å². The minimum atomic E-state index is -0.337. The second-order valence-corrected chi connectivity index (χ2v) is 5.82. The highest BCUT2D eigenvalue weighted by atomic mass is 16.2. The van der Waals surface area contributed by atoms with Crippen molar-refractivity contribution in [1.82, 2.24) is 10.6 Å². The van der Waals surface area contributed by atoms with Crippen LogP contribution in [0.4, 0.5) is 0 Å². The highest BCUT2D eigenvalue weighted by Crippen LogP contribution is 2.19. The molecule has 1 fully saturated rings. The van der Waals surface area contributed by atoms with Crippen LogP contribution < -0.4 is 10.6 Å². The molecule has 3 heteroatoms. The monoisotopic (exact) mass is 254 g/mol. The molecule has 0 aromatic heterocycles. The summed E-state index contributed by atoms with van der Waals surface area (Å²) in [7, 11) is 0. The average Bonchev–Trinajstić information content (AvgIpc) is 2.37. The summed E-state index contributed by atoms with van der Waals surface area (Å²) < 4.78 is 0. The van der Waals surface area contributed by atoms with Crippen LogP contribution in [0, 0.1) is 0 Å². The first-order valence-corrected chi connectivity index (χ1v) is 7.68. The van der Waals surface area contributed by atoms with Gasteiger partial charge in [-0.25, -0.2) is 0 Å². The molecule has 0 bridgehead atoms. The van der Waals surface area contributed by atoms with Crippen LogP contribution in [0.15, 0.2) is 0 Å². The molecule has 1 rings (SSSR count). The van der Waals surface area contributed by atoms with Crippen molar-refractivity contribution in [1.29, 1.82) is 0 Å². The van der Waals surface area contributed by atoms with Crippen LogP contribution in [0.25, 0.3) is 0 Å². The Morgan fingerprint density at radius 3 is 2.61 bits per heavy atom. The van der Waals surface area contributed by atoms with Gasteiger partial charge in [0.2, 0.25) is 5.91 Å². The van der Waals surface area contributed by atoms with Gasteiger partial charge in [0.05, 0.1) is 5.54 Å². The van der Waals surface area contributed by atoms with E-state index in [4.69, 9.17) is 0 Å². The second-order valence-electron chi connectivity index (χ2n) is 5.82. The molecule has 18 heavy (non-hydrogen) atoms. The van der Waals surface area contributed by atoms with Crippen LogP contribution >= 0.6 is 0 Å². The van der Waals surface area contributed by atoms with Crippen molar-refractivity contribution in [2.45, 2.75) is 83.7 Å². The molecule has 0 aromatic rings. The minimum Gasteiger partial charge on any atom is -0.352 e. The molecular weight excluding hydrogens is 224 g/mol. The molecule has 0 saturated carbocycles. The van der Waals surface area contributed by atoms with E-state index in [9.17, 15) is 4.79 Å². The first kappa shape index (κ1) is 15.5. The summed E-state index contributed by atoms with van der Waals surface area (Å²) in [6, 6.07) is 0.364. The van der Waals surface area contributed by atoms with Gasteiger partial charge in [0.25, 0.3) is 0 Å². The standard InChI is InChI=1S/C15H30N2O/c1-4-6-10-13(9-5-2)17-14(18)15(3)11-7-8-12-16-15/h13,16H,4-12H2,1-3H3,(H,17,18). The van der Waals surface area contributed by atoms with Gasteiger partial charge in [-0.05, 0) is 45.6 Å². The Morgan fingerprint density at radius 1 is 1.28 bits per heavy atom. The smallest absolute Gasteiger partial charge is 0.240 e. The molecule has 2 atom stereocenters. The quantitative estimate of drug-likeness (QED) is 0.733. The Labute approximate surface area is 112 Å². The van der Waals surface area contributed by atoms with Crippen molar-refractivity contribution in [2.75, 3.05) is 6.54 Å². The number of hydrogen-bond acceptors (Lipinski definition) is 2. The lowest BCUT2D eigenvalue weighted by Crippen LogP contribution is -2.58. The fourth-order valence-corrected chi connectivity index (χ4v) is 2.68. The van der Waals surface area contributed by atoms with Crippen molar-refractivity contribution in [2.24, 2.45) is 0 Å². The van der Waals surface area contributed by atoms with E-state index in [1.54, 1.807) is 0 Å². The Balaban J connectivity index is 2.48. The molecular formula is C15H30N2O. The summed E-state index contributed by atoms with van der Waals surface area (Å²) in [5, 5.41) is 6.65. The molecule has 0 aromatic carbocycles. The SMILES string of the molecule is CCCCC(CCC)NC(=O)C1(C)CCCCN1. The van der Waals surface area contributed by atoms with Crippen molar-refractivity contribution in [3.63, 3.8) is 0 Å². The normalized spacial score (nSPS) is 25.7. The maximum absolute atomic E-state index is 12.4. The zero-order chi connectivity index (χ0) is 13.4. The van der Waals surface area contributed by atoms with Crippen molar-refractivity contribution < 1.29 is 4.79 Å². The van der Waals surface area contributed by atoms with E-state index in [2.05, 4.69) is 24.5 Å². The zero-order valence-corrected chi connectivity index (χ0v) is 12.3. The van der Waals surface area contributed by atoms with E-state index in [-0.39, 0.29) is 11.4 Å². The predicted molar refractivity (Wildman–Crippen MR) is 76.6 cm³/mol. The fourth-order valence-electron chi connectivity index (χ4n) is 2.68. The lowest BCUT2D eigenvalue weighted by molar-refractivity contribution is -0.128. The third-order valence-electron chi connectivity index (χ3n) is 4.00.